The summed E-state index contributed by atoms with van der Waals surface area (Å²) < 4.78 is 36.8. The molecule has 0 N–H and O–H groups in total. The van der Waals surface area contributed by atoms with E-state index in [4.69, 9.17) is 0 Å². The summed E-state index contributed by atoms with van der Waals surface area (Å²) in [6.45, 7) is -0.708. The third kappa shape index (κ3) is 5.20. The quantitative estimate of drug-likeness (QED) is 0.552. The molecule has 1 aromatic rings. The molecular formula is C14H13F3N2O4. The molecule has 0 unspecified atom stereocenters. The summed E-state index contributed by atoms with van der Waals surface area (Å²) >= 11 is 0. The van der Waals surface area contributed by atoms with Gasteiger partial charge in [0.05, 0.1) is 6.54 Å². The second-order valence-electron chi connectivity index (χ2n) is 4.66. The van der Waals surface area contributed by atoms with Crippen molar-refractivity contribution >= 4 is 24.5 Å². The lowest BCUT2D eigenvalue weighted by atomic mass is 10.1. The summed E-state index contributed by atoms with van der Waals surface area (Å²) in [5, 5.41) is 0. The van der Waals surface area contributed by atoms with E-state index in [0.29, 0.717) is 15.4 Å². The third-order valence-electron chi connectivity index (χ3n) is 2.88. The fourth-order valence-electron chi connectivity index (χ4n) is 1.71. The fourth-order valence-corrected chi connectivity index (χ4v) is 1.71. The summed E-state index contributed by atoms with van der Waals surface area (Å²) in [6.07, 6.45) is -4.54. The van der Waals surface area contributed by atoms with Crippen LogP contribution in [0.5, 0.6) is 0 Å². The average Bonchev–Trinajstić information content (AvgIpc) is 2.51. The molecule has 0 bridgehead atoms. The van der Waals surface area contributed by atoms with Crippen molar-refractivity contribution in [3.8, 4) is 0 Å². The van der Waals surface area contributed by atoms with E-state index in [1.807, 2.05) is 0 Å². The molecule has 0 aliphatic heterocycles. The van der Waals surface area contributed by atoms with E-state index in [1.165, 1.54) is 24.3 Å². The van der Waals surface area contributed by atoms with Crippen LogP contribution < -0.4 is 0 Å². The number of benzene rings is 1. The predicted molar refractivity (Wildman–Crippen MR) is 72.1 cm³/mol. The Labute approximate surface area is 129 Å². The molecule has 0 saturated heterocycles. The summed E-state index contributed by atoms with van der Waals surface area (Å²) in [5.41, 5.74) is 0.580. The fraction of sp³-hybridized carbons (Fsp3) is 0.286. The number of amides is 3. The van der Waals surface area contributed by atoms with E-state index in [2.05, 4.69) is 0 Å². The van der Waals surface area contributed by atoms with E-state index in [-0.39, 0.29) is 24.9 Å². The Hall–Kier alpha value is -2.71. The molecule has 0 spiro atoms. The maximum Gasteiger partial charge on any atom is 0.471 e. The zero-order valence-electron chi connectivity index (χ0n) is 12.0. The maximum absolute atomic E-state index is 12.3. The first-order chi connectivity index (χ1) is 10.7. The minimum absolute atomic E-state index is 0.187. The van der Waals surface area contributed by atoms with Crippen LogP contribution in [-0.2, 0) is 20.9 Å². The summed E-state index contributed by atoms with van der Waals surface area (Å²) in [4.78, 5) is 44.8. The molecule has 0 heterocycles. The van der Waals surface area contributed by atoms with E-state index in [0.717, 1.165) is 7.05 Å². The van der Waals surface area contributed by atoms with Gasteiger partial charge in [-0.25, -0.2) is 0 Å². The third-order valence-corrected chi connectivity index (χ3v) is 2.88. The van der Waals surface area contributed by atoms with Gasteiger partial charge in [-0.05, 0) is 5.56 Å². The molecule has 0 aliphatic rings. The van der Waals surface area contributed by atoms with Crippen molar-refractivity contribution in [1.82, 2.24) is 9.80 Å². The topological polar surface area (TPSA) is 74.8 Å². The molecule has 9 heteroatoms. The highest BCUT2D eigenvalue weighted by atomic mass is 19.4. The van der Waals surface area contributed by atoms with Crippen LogP contribution in [0.15, 0.2) is 24.3 Å². The minimum Gasteiger partial charge on any atom is -0.334 e. The van der Waals surface area contributed by atoms with Crippen molar-refractivity contribution in [3.05, 3.63) is 35.4 Å². The lowest BCUT2D eigenvalue weighted by Gasteiger charge is -2.18. The van der Waals surface area contributed by atoms with Crippen molar-refractivity contribution in [2.45, 2.75) is 12.7 Å². The molecular weight excluding hydrogens is 317 g/mol. The number of Topliss-reactive ketones (excluding diaryl/α,β-unsaturated/α-hetero) is 1. The van der Waals surface area contributed by atoms with E-state index in [1.54, 1.807) is 0 Å². The first kappa shape index (κ1) is 18.3. The highest BCUT2D eigenvalue weighted by molar-refractivity contribution is 5.99. The van der Waals surface area contributed by atoms with Gasteiger partial charge < -0.3 is 4.90 Å². The minimum atomic E-state index is -4.95. The number of halogens is 3. The lowest BCUT2D eigenvalue weighted by molar-refractivity contribution is -0.184. The van der Waals surface area contributed by atoms with Gasteiger partial charge in [0.15, 0.2) is 5.78 Å². The van der Waals surface area contributed by atoms with Gasteiger partial charge in [0, 0.05) is 19.2 Å². The Balaban J connectivity index is 2.73. The Morgan fingerprint density at radius 2 is 1.61 bits per heavy atom. The molecule has 0 atom stereocenters. The molecule has 0 radical (unpaired) electrons. The second kappa shape index (κ2) is 7.52. The van der Waals surface area contributed by atoms with Crippen LogP contribution in [0.4, 0.5) is 13.2 Å². The molecule has 124 valence electrons. The second-order valence-corrected chi connectivity index (χ2v) is 4.66. The Kier molecular flexibility index (Phi) is 6.00. The molecule has 23 heavy (non-hydrogen) atoms. The predicted octanol–water partition coefficient (Wildman–Crippen LogP) is 1.00. The monoisotopic (exact) mass is 330 g/mol. The summed E-state index contributed by atoms with van der Waals surface area (Å²) in [6, 6.07) is 5.47. The van der Waals surface area contributed by atoms with Crippen molar-refractivity contribution < 1.29 is 32.3 Å². The van der Waals surface area contributed by atoms with Crippen LogP contribution in [0.2, 0.25) is 0 Å². The molecule has 0 aliphatic carbocycles. The van der Waals surface area contributed by atoms with Gasteiger partial charge in [-0.1, -0.05) is 24.3 Å². The van der Waals surface area contributed by atoms with E-state index >= 15 is 0 Å². The van der Waals surface area contributed by atoms with Crippen molar-refractivity contribution in [2.75, 3.05) is 13.6 Å². The van der Waals surface area contributed by atoms with Gasteiger partial charge >= 0.3 is 12.1 Å². The number of hydrogen-bond donors (Lipinski definition) is 0. The lowest BCUT2D eigenvalue weighted by Crippen LogP contribution is -2.37. The van der Waals surface area contributed by atoms with Crippen LogP contribution in [0.1, 0.15) is 15.9 Å². The number of hydrogen-bond acceptors (Lipinski definition) is 4. The number of carbonyl (C=O) groups excluding carboxylic acids is 4. The van der Waals surface area contributed by atoms with Crippen LogP contribution in [0.3, 0.4) is 0 Å². The smallest absolute Gasteiger partial charge is 0.334 e. The zero-order chi connectivity index (χ0) is 17.6. The number of alkyl halides is 3. The average molecular weight is 330 g/mol. The number of rotatable bonds is 7. The standard InChI is InChI=1S/C14H13F3N2O4/c1-18(13(23)14(15,16)17)6-10-2-4-11(5-3-10)12(22)7-19(8-20)9-21/h2-5,8-9H,6-7H2,1H3. The summed E-state index contributed by atoms with van der Waals surface area (Å²) in [5.74, 6) is -2.47. The van der Waals surface area contributed by atoms with Crippen molar-refractivity contribution in [1.29, 1.82) is 0 Å². The molecule has 3 amide bonds. The highest BCUT2D eigenvalue weighted by Gasteiger charge is 2.41. The molecule has 0 fully saturated rings. The van der Waals surface area contributed by atoms with Crippen LogP contribution >= 0.6 is 0 Å². The van der Waals surface area contributed by atoms with Crippen LogP contribution in [0, 0.1) is 0 Å². The van der Waals surface area contributed by atoms with Crippen LogP contribution in [-0.4, -0.2) is 54.1 Å². The van der Waals surface area contributed by atoms with Gasteiger partial charge in [-0.3, -0.25) is 24.1 Å². The first-order valence-electron chi connectivity index (χ1n) is 6.29. The normalized spacial score (nSPS) is 10.8. The number of carbonyl (C=O) groups is 4. The van der Waals surface area contributed by atoms with E-state index < -0.39 is 24.4 Å². The van der Waals surface area contributed by atoms with Crippen molar-refractivity contribution in [3.63, 3.8) is 0 Å². The Morgan fingerprint density at radius 1 is 1.09 bits per heavy atom. The van der Waals surface area contributed by atoms with Crippen LogP contribution in [0.25, 0.3) is 0 Å². The molecule has 0 saturated carbocycles. The molecule has 6 nitrogen and oxygen atoms in total. The highest BCUT2D eigenvalue weighted by Crippen LogP contribution is 2.19. The maximum atomic E-state index is 12.3. The SMILES string of the molecule is CN(Cc1ccc(C(=O)CN(C=O)C=O)cc1)C(=O)C(F)(F)F. The van der Waals surface area contributed by atoms with Gasteiger partial charge in [-0.15, -0.1) is 0 Å². The largest absolute Gasteiger partial charge is 0.471 e. The number of nitrogens with zero attached hydrogens (tertiary/aromatic N) is 2. The zero-order valence-corrected chi connectivity index (χ0v) is 12.0. The van der Waals surface area contributed by atoms with Gasteiger partial charge in [-0.2, -0.15) is 13.2 Å². The number of imide groups is 1. The molecule has 0 aromatic heterocycles. The Bertz CT molecular complexity index is 591. The Morgan fingerprint density at radius 3 is 2.04 bits per heavy atom. The van der Waals surface area contributed by atoms with Crippen molar-refractivity contribution in [2.24, 2.45) is 0 Å². The first-order valence-corrected chi connectivity index (χ1v) is 6.29. The van der Waals surface area contributed by atoms with E-state index in [9.17, 15) is 32.3 Å². The molecule has 1 rings (SSSR count). The summed E-state index contributed by atoms with van der Waals surface area (Å²) in [7, 11) is 1.01. The van der Waals surface area contributed by atoms with Gasteiger partial charge in [0.25, 0.3) is 0 Å². The van der Waals surface area contributed by atoms with Gasteiger partial charge in [0.1, 0.15) is 0 Å². The van der Waals surface area contributed by atoms with Gasteiger partial charge in [0.2, 0.25) is 12.8 Å². The number of ketones is 1. The molecule has 1 aromatic carbocycles.